The Morgan fingerprint density at radius 1 is 0.885 bits per heavy atom. The van der Waals surface area contributed by atoms with E-state index in [4.69, 9.17) is 25.8 Å². The van der Waals surface area contributed by atoms with Crippen molar-refractivity contribution in [2.45, 2.75) is 13.1 Å². The predicted molar refractivity (Wildman–Crippen MR) is 105 cm³/mol. The lowest BCUT2D eigenvalue weighted by atomic mass is 10.2. The third kappa shape index (κ3) is 5.20. The topological polar surface area (TPSA) is 64.1 Å². The van der Waals surface area contributed by atoms with Crippen LogP contribution in [0.3, 0.4) is 0 Å². The number of methoxy groups -OCH3 is 3. The van der Waals surface area contributed by atoms with E-state index in [2.05, 4.69) is 15.6 Å². The van der Waals surface area contributed by atoms with Crippen LogP contribution in [-0.2, 0) is 13.1 Å². The van der Waals surface area contributed by atoms with Crippen LogP contribution in [0.1, 0.15) is 11.1 Å². The fraction of sp³-hybridized carbons (Fsp3) is 0.316. The molecule has 0 aromatic heterocycles. The van der Waals surface area contributed by atoms with Gasteiger partial charge in [0, 0.05) is 30.7 Å². The lowest BCUT2D eigenvalue weighted by molar-refractivity contribution is 0.354. The molecule has 0 saturated heterocycles. The number of aliphatic imine (C=N–C) groups is 1. The van der Waals surface area contributed by atoms with E-state index < -0.39 is 0 Å². The highest BCUT2D eigenvalue weighted by Gasteiger charge is 2.07. The molecule has 0 atom stereocenters. The van der Waals surface area contributed by atoms with Crippen LogP contribution in [-0.4, -0.2) is 34.3 Å². The third-order valence-electron chi connectivity index (χ3n) is 3.83. The Bertz CT molecular complexity index is 766. The van der Waals surface area contributed by atoms with Gasteiger partial charge in [-0.1, -0.05) is 23.7 Å². The summed E-state index contributed by atoms with van der Waals surface area (Å²) in [6, 6.07) is 11.3. The molecule has 2 N–H and O–H groups in total. The molecule has 26 heavy (non-hydrogen) atoms. The van der Waals surface area contributed by atoms with Crippen molar-refractivity contribution < 1.29 is 14.2 Å². The van der Waals surface area contributed by atoms with E-state index in [0.717, 1.165) is 16.9 Å². The van der Waals surface area contributed by atoms with Gasteiger partial charge in [0.05, 0.1) is 21.3 Å². The normalized spacial score (nSPS) is 11.0. The van der Waals surface area contributed by atoms with E-state index in [0.29, 0.717) is 35.6 Å². The molecule has 0 radical (unpaired) electrons. The second-order valence-corrected chi connectivity index (χ2v) is 5.86. The Morgan fingerprint density at radius 2 is 1.58 bits per heavy atom. The largest absolute Gasteiger partial charge is 0.496 e. The second-order valence-electron chi connectivity index (χ2n) is 5.42. The fourth-order valence-electron chi connectivity index (χ4n) is 2.44. The van der Waals surface area contributed by atoms with Crippen molar-refractivity contribution in [1.82, 2.24) is 10.6 Å². The highest BCUT2D eigenvalue weighted by Crippen LogP contribution is 2.27. The SMILES string of the molecule is CN=C(NCc1ccc(OC)c(OC)c1)NCc1ccc(Cl)cc1OC. The molecule has 0 saturated carbocycles. The zero-order chi connectivity index (χ0) is 18.9. The van der Waals surface area contributed by atoms with E-state index in [1.54, 1.807) is 34.4 Å². The third-order valence-corrected chi connectivity index (χ3v) is 4.06. The number of ether oxygens (including phenoxy) is 3. The van der Waals surface area contributed by atoms with E-state index in [1.165, 1.54) is 0 Å². The summed E-state index contributed by atoms with van der Waals surface area (Å²) >= 11 is 5.99. The summed E-state index contributed by atoms with van der Waals surface area (Å²) in [7, 11) is 6.59. The van der Waals surface area contributed by atoms with Crippen molar-refractivity contribution in [3.05, 3.63) is 52.5 Å². The molecule has 0 unspecified atom stereocenters. The Morgan fingerprint density at radius 3 is 2.23 bits per heavy atom. The average molecular weight is 378 g/mol. The lowest BCUT2D eigenvalue weighted by Crippen LogP contribution is -2.36. The first-order valence-electron chi connectivity index (χ1n) is 8.09. The van der Waals surface area contributed by atoms with Crippen LogP contribution in [0, 0.1) is 0 Å². The molecule has 0 bridgehead atoms. The number of benzene rings is 2. The fourth-order valence-corrected chi connectivity index (χ4v) is 2.60. The van der Waals surface area contributed by atoms with Crippen molar-refractivity contribution in [2.24, 2.45) is 4.99 Å². The van der Waals surface area contributed by atoms with Crippen LogP contribution in [0.4, 0.5) is 0 Å². The standard InChI is InChI=1S/C19H24ClN3O3/c1-21-19(23-12-14-6-7-15(20)10-17(14)25-3)22-11-13-5-8-16(24-2)18(9-13)26-4/h5-10H,11-12H2,1-4H3,(H2,21,22,23). The van der Waals surface area contributed by atoms with E-state index in [-0.39, 0.29) is 0 Å². The van der Waals surface area contributed by atoms with Crippen LogP contribution >= 0.6 is 11.6 Å². The Kier molecular flexibility index (Phi) is 7.41. The number of guanidine groups is 1. The molecular formula is C19H24ClN3O3. The molecule has 0 amide bonds. The van der Waals surface area contributed by atoms with Crippen molar-refractivity contribution >= 4 is 17.6 Å². The molecule has 2 rings (SSSR count). The lowest BCUT2D eigenvalue weighted by Gasteiger charge is -2.15. The molecule has 0 heterocycles. The molecule has 140 valence electrons. The average Bonchev–Trinajstić information content (AvgIpc) is 2.68. The van der Waals surface area contributed by atoms with Gasteiger partial charge >= 0.3 is 0 Å². The molecular weight excluding hydrogens is 354 g/mol. The van der Waals surface area contributed by atoms with Crippen molar-refractivity contribution in [3.8, 4) is 17.2 Å². The number of rotatable bonds is 7. The molecule has 0 aliphatic heterocycles. The minimum atomic E-state index is 0.561. The quantitative estimate of drug-likeness (QED) is 0.573. The monoisotopic (exact) mass is 377 g/mol. The molecule has 0 aliphatic carbocycles. The van der Waals surface area contributed by atoms with E-state index in [9.17, 15) is 0 Å². The summed E-state index contributed by atoms with van der Waals surface area (Å²) < 4.78 is 15.9. The van der Waals surface area contributed by atoms with Crippen LogP contribution < -0.4 is 24.8 Å². The molecule has 0 spiro atoms. The summed E-state index contributed by atoms with van der Waals surface area (Å²) in [5, 5.41) is 7.17. The first kappa shape index (κ1) is 19.7. The maximum absolute atomic E-state index is 5.99. The van der Waals surface area contributed by atoms with Gasteiger partial charge in [0.1, 0.15) is 5.75 Å². The van der Waals surface area contributed by atoms with Crippen LogP contribution in [0.25, 0.3) is 0 Å². The number of halogens is 1. The minimum absolute atomic E-state index is 0.561. The predicted octanol–water partition coefficient (Wildman–Crippen LogP) is 3.23. The maximum Gasteiger partial charge on any atom is 0.191 e. The van der Waals surface area contributed by atoms with E-state index in [1.807, 2.05) is 30.3 Å². The number of hydrogen-bond donors (Lipinski definition) is 2. The molecule has 0 aliphatic rings. The summed E-state index contributed by atoms with van der Waals surface area (Å²) in [5.41, 5.74) is 2.04. The molecule has 7 heteroatoms. The summed E-state index contributed by atoms with van der Waals surface area (Å²) in [6.45, 7) is 1.16. The Hall–Kier alpha value is -2.60. The van der Waals surface area contributed by atoms with Gasteiger partial charge in [-0.05, 0) is 29.8 Å². The van der Waals surface area contributed by atoms with Crippen LogP contribution in [0.5, 0.6) is 17.2 Å². The van der Waals surface area contributed by atoms with Crippen LogP contribution in [0.2, 0.25) is 5.02 Å². The summed E-state index contributed by atoms with van der Waals surface area (Å²) in [5.74, 6) is 2.81. The first-order chi connectivity index (χ1) is 12.6. The second kappa shape index (κ2) is 9.77. The van der Waals surface area contributed by atoms with Gasteiger partial charge in [-0.15, -0.1) is 0 Å². The number of nitrogens with one attached hydrogen (secondary N) is 2. The maximum atomic E-state index is 5.99. The van der Waals surface area contributed by atoms with Crippen molar-refractivity contribution in [3.63, 3.8) is 0 Å². The Balaban J connectivity index is 1.96. The van der Waals surface area contributed by atoms with Gasteiger partial charge in [-0.2, -0.15) is 0 Å². The zero-order valence-electron chi connectivity index (χ0n) is 15.4. The summed E-state index contributed by atoms with van der Waals surface area (Å²) in [6.07, 6.45) is 0. The van der Waals surface area contributed by atoms with Crippen molar-refractivity contribution in [1.29, 1.82) is 0 Å². The molecule has 6 nitrogen and oxygen atoms in total. The van der Waals surface area contributed by atoms with Gasteiger partial charge in [0.15, 0.2) is 17.5 Å². The van der Waals surface area contributed by atoms with Gasteiger partial charge in [0.25, 0.3) is 0 Å². The Labute approximate surface area is 159 Å². The van der Waals surface area contributed by atoms with Gasteiger partial charge in [-0.3, -0.25) is 4.99 Å². The minimum Gasteiger partial charge on any atom is -0.496 e. The highest BCUT2D eigenvalue weighted by atomic mass is 35.5. The first-order valence-corrected chi connectivity index (χ1v) is 8.47. The highest BCUT2D eigenvalue weighted by molar-refractivity contribution is 6.30. The number of nitrogens with zero attached hydrogens (tertiary/aromatic N) is 1. The van der Waals surface area contributed by atoms with Gasteiger partial charge in [-0.25, -0.2) is 0 Å². The molecule has 0 fully saturated rings. The molecule has 2 aromatic carbocycles. The van der Waals surface area contributed by atoms with Gasteiger partial charge in [0.2, 0.25) is 0 Å². The number of hydrogen-bond acceptors (Lipinski definition) is 4. The van der Waals surface area contributed by atoms with E-state index >= 15 is 0 Å². The van der Waals surface area contributed by atoms with Gasteiger partial charge < -0.3 is 24.8 Å². The zero-order valence-corrected chi connectivity index (χ0v) is 16.2. The smallest absolute Gasteiger partial charge is 0.191 e. The van der Waals surface area contributed by atoms with Crippen molar-refractivity contribution in [2.75, 3.05) is 28.4 Å². The summed E-state index contributed by atoms with van der Waals surface area (Å²) in [4.78, 5) is 4.24. The van der Waals surface area contributed by atoms with Crippen LogP contribution in [0.15, 0.2) is 41.4 Å². The molecule has 2 aromatic rings.